The van der Waals surface area contributed by atoms with Gasteiger partial charge in [-0.1, -0.05) is 0 Å². The van der Waals surface area contributed by atoms with Crippen molar-refractivity contribution in [3.05, 3.63) is 0 Å². The molecule has 1 fully saturated rings. The molecule has 0 aromatic rings. The lowest BCUT2D eigenvalue weighted by atomic mass is 10.3. The molecule has 1 rings (SSSR count). The molecule has 0 aliphatic carbocycles. The first-order valence-electron chi connectivity index (χ1n) is 5.79. The zero-order valence-electron chi connectivity index (χ0n) is 9.76. The lowest BCUT2D eigenvalue weighted by molar-refractivity contribution is -0.323. The zero-order chi connectivity index (χ0) is 12.6. The van der Waals surface area contributed by atoms with Gasteiger partial charge >= 0.3 is 6.36 Å². The molecule has 4 nitrogen and oxygen atoms in total. The van der Waals surface area contributed by atoms with Crippen LogP contribution in [0.25, 0.3) is 0 Å². The predicted octanol–water partition coefficient (Wildman–Crippen LogP) is 0.835. The second-order valence-corrected chi connectivity index (χ2v) is 3.85. The monoisotopic (exact) mass is 256 g/mol. The standard InChI is InChI=1S/C10H19F3N2O2/c11-10(12,13)17-7-3-14-2-1-4-15-5-8-16-9-6-15/h14H,1-9H2. The molecule has 0 aromatic heterocycles. The number of morpholine rings is 1. The van der Waals surface area contributed by atoms with Crippen molar-refractivity contribution in [2.75, 3.05) is 52.5 Å². The van der Waals surface area contributed by atoms with Gasteiger partial charge in [0, 0.05) is 19.6 Å². The van der Waals surface area contributed by atoms with Gasteiger partial charge in [0.15, 0.2) is 0 Å². The third-order valence-corrected chi connectivity index (χ3v) is 2.48. The summed E-state index contributed by atoms with van der Waals surface area (Å²) in [7, 11) is 0. The number of hydrogen-bond acceptors (Lipinski definition) is 4. The lowest BCUT2D eigenvalue weighted by Crippen LogP contribution is -2.38. The first-order chi connectivity index (χ1) is 8.08. The van der Waals surface area contributed by atoms with E-state index in [4.69, 9.17) is 4.74 Å². The Balaban J connectivity index is 1.84. The Morgan fingerprint density at radius 2 is 1.88 bits per heavy atom. The minimum absolute atomic E-state index is 0.225. The van der Waals surface area contributed by atoms with Crippen LogP contribution in [0.3, 0.4) is 0 Å². The van der Waals surface area contributed by atoms with Crippen LogP contribution in [0.1, 0.15) is 6.42 Å². The van der Waals surface area contributed by atoms with Crippen LogP contribution >= 0.6 is 0 Å². The molecule has 0 spiro atoms. The van der Waals surface area contributed by atoms with E-state index in [0.29, 0.717) is 6.54 Å². The number of nitrogens with one attached hydrogen (secondary N) is 1. The Labute approximate surface area is 99.1 Å². The highest BCUT2D eigenvalue weighted by molar-refractivity contribution is 4.62. The molecule has 1 aliphatic rings. The third kappa shape index (κ3) is 8.37. The van der Waals surface area contributed by atoms with Crippen molar-refractivity contribution in [2.24, 2.45) is 0 Å². The van der Waals surface area contributed by atoms with Gasteiger partial charge < -0.3 is 10.1 Å². The van der Waals surface area contributed by atoms with Crippen molar-refractivity contribution in [3.63, 3.8) is 0 Å². The number of halogens is 3. The molecule has 0 radical (unpaired) electrons. The van der Waals surface area contributed by atoms with Crippen molar-refractivity contribution >= 4 is 0 Å². The van der Waals surface area contributed by atoms with Crippen molar-refractivity contribution in [1.29, 1.82) is 0 Å². The predicted molar refractivity (Wildman–Crippen MR) is 56.8 cm³/mol. The number of ether oxygens (including phenoxy) is 2. The molecule has 1 heterocycles. The SMILES string of the molecule is FC(F)(F)OCCNCCCN1CCOCC1. The summed E-state index contributed by atoms with van der Waals surface area (Å²) < 4.78 is 43.7. The molecule has 1 aliphatic heterocycles. The highest BCUT2D eigenvalue weighted by atomic mass is 19.4. The van der Waals surface area contributed by atoms with Crippen molar-refractivity contribution in [2.45, 2.75) is 12.8 Å². The molecule has 0 aromatic carbocycles. The Morgan fingerprint density at radius 1 is 1.18 bits per heavy atom. The van der Waals surface area contributed by atoms with Crippen molar-refractivity contribution in [3.8, 4) is 0 Å². The van der Waals surface area contributed by atoms with E-state index < -0.39 is 6.36 Å². The first-order valence-corrected chi connectivity index (χ1v) is 5.79. The van der Waals surface area contributed by atoms with Crippen LogP contribution in [0.2, 0.25) is 0 Å². The van der Waals surface area contributed by atoms with Crippen LogP contribution in [0.15, 0.2) is 0 Å². The topological polar surface area (TPSA) is 33.7 Å². The number of hydrogen-bond donors (Lipinski definition) is 1. The van der Waals surface area contributed by atoms with Gasteiger partial charge in [0.1, 0.15) is 0 Å². The zero-order valence-corrected chi connectivity index (χ0v) is 9.76. The third-order valence-electron chi connectivity index (χ3n) is 2.48. The molecule has 1 saturated heterocycles. The quantitative estimate of drug-likeness (QED) is 0.684. The Hall–Kier alpha value is -0.370. The number of rotatable bonds is 7. The summed E-state index contributed by atoms with van der Waals surface area (Å²) in [6, 6.07) is 0. The smallest absolute Gasteiger partial charge is 0.379 e. The number of alkyl halides is 3. The molecule has 102 valence electrons. The van der Waals surface area contributed by atoms with Gasteiger partial charge in [-0.2, -0.15) is 0 Å². The summed E-state index contributed by atoms with van der Waals surface area (Å²) in [5, 5.41) is 2.91. The van der Waals surface area contributed by atoms with Gasteiger partial charge in [-0.05, 0) is 19.5 Å². The highest BCUT2D eigenvalue weighted by Crippen LogP contribution is 2.14. The van der Waals surface area contributed by atoms with Crippen molar-refractivity contribution < 1.29 is 22.6 Å². The molecule has 7 heteroatoms. The Kier molecular flexibility index (Phi) is 6.79. The Morgan fingerprint density at radius 3 is 2.53 bits per heavy atom. The van der Waals surface area contributed by atoms with Crippen LogP contribution in [0.4, 0.5) is 13.2 Å². The van der Waals surface area contributed by atoms with Gasteiger partial charge in [0.25, 0.3) is 0 Å². The fourth-order valence-corrected chi connectivity index (χ4v) is 1.62. The largest absolute Gasteiger partial charge is 0.522 e. The van der Waals surface area contributed by atoms with Gasteiger partial charge in [-0.25, -0.2) is 0 Å². The maximum Gasteiger partial charge on any atom is 0.522 e. The van der Waals surface area contributed by atoms with Gasteiger partial charge in [-0.3, -0.25) is 9.64 Å². The summed E-state index contributed by atoms with van der Waals surface area (Å²) in [5.41, 5.74) is 0. The number of nitrogens with zero attached hydrogens (tertiary/aromatic N) is 1. The van der Waals surface area contributed by atoms with Crippen LogP contribution < -0.4 is 5.32 Å². The van der Waals surface area contributed by atoms with Crippen LogP contribution in [0, 0.1) is 0 Å². The molecule has 0 amide bonds. The van der Waals surface area contributed by atoms with E-state index >= 15 is 0 Å². The van der Waals surface area contributed by atoms with Crippen LogP contribution in [-0.2, 0) is 9.47 Å². The van der Waals surface area contributed by atoms with Gasteiger partial charge in [0.05, 0.1) is 19.8 Å². The van der Waals surface area contributed by atoms with Gasteiger partial charge in [-0.15, -0.1) is 13.2 Å². The molecule has 0 atom stereocenters. The van der Waals surface area contributed by atoms with E-state index in [9.17, 15) is 13.2 Å². The van der Waals surface area contributed by atoms with Crippen LogP contribution in [0.5, 0.6) is 0 Å². The van der Waals surface area contributed by atoms with E-state index in [0.717, 1.165) is 39.3 Å². The fraction of sp³-hybridized carbons (Fsp3) is 1.00. The molecule has 0 unspecified atom stereocenters. The summed E-state index contributed by atoms with van der Waals surface area (Å²) in [6.45, 7) is 4.98. The molecule has 0 saturated carbocycles. The molecular weight excluding hydrogens is 237 g/mol. The van der Waals surface area contributed by atoms with Crippen LogP contribution in [-0.4, -0.2) is 63.8 Å². The maximum atomic E-state index is 11.6. The van der Waals surface area contributed by atoms with E-state index in [1.165, 1.54) is 0 Å². The minimum Gasteiger partial charge on any atom is -0.379 e. The summed E-state index contributed by atoms with van der Waals surface area (Å²) in [6.07, 6.45) is -3.60. The minimum atomic E-state index is -4.52. The van der Waals surface area contributed by atoms with E-state index in [-0.39, 0.29) is 13.2 Å². The molecular formula is C10H19F3N2O2. The molecule has 17 heavy (non-hydrogen) atoms. The second-order valence-electron chi connectivity index (χ2n) is 3.85. The lowest BCUT2D eigenvalue weighted by Gasteiger charge is -2.26. The van der Waals surface area contributed by atoms with E-state index in [1.54, 1.807) is 0 Å². The van der Waals surface area contributed by atoms with Gasteiger partial charge in [0.2, 0.25) is 0 Å². The van der Waals surface area contributed by atoms with Crippen molar-refractivity contribution in [1.82, 2.24) is 10.2 Å². The summed E-state index contributed by atoms with van der Waals surface area (Å²) in [4.78, 5) is 2.29. The second kappa shape index (κ2) is 7.86. The highest BCUT2D eigenvalue weighted by Gasteiger charge is 2.28. The normalized spacial score (nSPS) is 18.5. The van der Waals surface area contributed by atoms with E-state index in [2.05, 4.69) is 15.0 Å². The maximum absolute atomic E-state index is 11.6. The summed E-state index contributed by atoms with van der Waals surface area (Å²) in [5.74, 6) is 0. The first kappa shape index (κ1) is 14.7. The summed E-state index contributed by atoms with van der Waals surface area (Å²) >= 11 is 0. The van der Waals surface area contributed by atoms with E-state index in [1.807, 2.05) is 0 Å². The average Bonchev–Trinajstić information content (AvgIpc) is 2.28. The Bertz CT molecular complexity index is 196. The molecule has 0 bridgehead atoms. The molecule has 1 N–H and O–H groups in total. The fourth-order valence-electron chi connectivity index (χ4n) is 1.62. The average molecular weight is 256 g/mol.